The summed E-state index contributed by atoms with van der Waals surface area (Å²) in [5, 5.41) is 2.92. The molecule has 0 radical (unpaired) electrons. The maximum absolute atomic E-state index is 13.9. The molecular weight excluding hydrogens is 468 g/mol. The summed E-state index contributed by atoms with van der Waals surface area (Å²) in [6.07, 6.45) is 0. The summed E-state index contributed by atoms with van der Waals surface area (Å²) in [7, 11) is -3.98. The highest BCUT2D eigenvalue weighted by atomic mass is 35.5. The average Bonchev–Trinajstić information content (AvgIpc) is 3.11. The van der Waals surface area contributed by atoms with E-state index < -0.39 is 27.6 Å². The van der Waals surface area contributed by atoms with Gasteiger partial charge in [-0.05, 0) is 42.5 Å². The maximum Gasteiger partial charge on any atom is 0.261 e. The van der Waals surface area contributed by atoms with Gasteiger partial charge in [0, 0.05) is 11.1 Å². The number of carbonyl (C=O) groups is 1. The quantitative estimate of drug-likeness (QED) is 0.407. The van der Waals surface area contributed by atoms with Crippen molar-refractivity contribution in [3.05, 3.63) is 82.9 Å². The third kappa shape index (κ3) is 4.50. The standard InChI is InChI=1S/C20H12ClF2N3O3S2/c21-11-5-7-13(8-6-11)31(28,29)26-16-4-2-1-3-14(16)19(27)25-20-24-18-15(23)9-12(22)10-17(18)30-20/h1-10,26H,(H,24,25,27). The molecule has 0 aliphatic carbocycles. The van der Waals surface area contributed by atoms with Crippen molar-refractivity contribution in [1.82, 2.24) is 4.98 Å². The van der Waals surface area contributed by atoms with E-state index in [0.717, 1.165) is 17.4 Å². The van der Waals surface area contributed by atoms with Gasteiger partial charge >= 0.3 is 0 Å². The monoisotopic (exact) mass is 479 g/mol. The lowest BCUT2D eigenvalue weighted by Crippen LogP contribution is -2.18. The fourth-order valence-electron chi connectivity index (χ4n) is 2.76. The van der Waals surface area contributed by atoms with E-state index in [1.807, 2.05) is 0 Å². The number of hydrogen-bond donors (Lipinski definition) is 2. The molecule has 0 fully saturated rings. The summed E-state index contributed by atoms with van der Waals surface area (Å²) >= 11 is 6.69. The number of nitrogens with zero attached hydrogens (tertiary/aromatic N) is 1. The Hall–Kier alpha value is -3.08. The Morgan fingerprint density at radius 3 is 2.48 bits per heavy atom. The number of carbonyl (C=O) groups excluding carboxylic acids is 1. The van der Waals surface area contributed by atoms with Crippen molar-refractivity contribution in [1.29, 1.82) is 0 Å². The van der Waals surface area contributed by atoms with Crippen LogP contribution in [-0.4, -0.2) is 19.3 Å². The zero-order valence-electron chi connectivity index (χ0n) is 15.4. The van der Waals surface area contributed by atoms with E-state index in [4.69, 9.17) is 11.6 Å². The molecule has 158 valence electrons. The van der Waals surface area contributed by atoms with Gasteiger partial charge in [-0.25, -0.2) is 22.2 Å². The first-order chi connectivity index (χ1) is 14.7. The van der Waals surface area contributed by atoms with Gasteiger partial charge in [-0.3, -0.25) is 14.8 Å². The van der Waals surface area contributed by atoms with E-state index in [9.17, 15) is 22.0 Å². The molecule has 4 aromatic rings. The predicted octanol–water partition coefficient (Wildman–Crippen LogP) is 5.28. The molecule has 1 heterocycles. The molecule has 0 atom stereocenters. The van der Waals surface area contributed by atoms with Crippen molar-refractivity contribution in [2.45, 2.75) is 4.90 Å². The van der Waals surface area contributed by atoms with E-state index in [0.29, 0.717) is 11.1 Å². The van der Waals surface area contributed by atoms with Crippen molar-refractivity contribution in [2.24, 2.45) is 0 Å². The second-order valence-electron chi connectivity index (χ2n) is 6.31. The summed E-state index contributed by atoms with van der Waals surface area (Å²) < 4.78 is 55.2. The van der Waals surface area contributed by atoms with Gasteiger partial charge in [0.25, 0.3) is 15.9 Å². The number of thiazole rings is 1. The van der Waals surface area contributed by atoms with Gasteiger partial charge in [-0.2, -0.15) is 0 Å². The van der Waals surface area contributed by atoms with Gasteiger partial charge in [0.2, 0.25) is 0 Å². The Kier molecular flexibility index (Phi) is 5.61. The van der Waals surface area contributed by atoms with E-state index in [1.165, 1.54) is 36.4 Å². The number of aromatic nitrogens is 1. The number of halogens is 3. The van der Waals surface area contributed by atoms with Crippen molar-refractivity contribution in [3.63, 3.8) is 0 Å². The largest absolute Gasteiger partial charge is 0.298 e. The van der Waals surface area contributed by atoms with E-state index in [2.05, 4.69) is 15.0 Å². The Labute approximate surface area is 184 Å². The Bertz CT molecular complexity index is 1410. The molecule has 0 aliphatic heterocycles. The number of amides is 1. The normalized spacial score (nSPS) is 11.5. The first-order valence-electron chi connectivity index (χ1n) is 8.67. The zero-order chi connectivity index (χ0) is 22.2. The number of anilines is 2. The number of fused-ring (bicyclic) bond motifs is 1. The number of rotatable bonds is 5. The predicted molar refractivity (Wildman–Crippen MR) is 116 cm³/mol. The Morgan fingerprint density at radius 1 is 1.03 bits per heavy atom. The summed E-state index contributed by atoms with van der Waals surface area (Å²) in [6.45, 7) is 0. The molecule has 11 heteroatoms. The number of nitrogens with one attached hydrogen (secondary N) is 2. The molecule has 2 N–H and O–H groups in total. The minimum absolute atomic E-state index is 0.0194. The van der Waals surface area contributed by atoms with E-state index in [1.54, 1.807) is 12.1 Å². The smallest absolute Gasteiger partial charge is 0.261 e. The molecule has 0 unspecified atom stereocenters. The van der Waals surface area contributed by atoms with E-state index >= 15 is 0 Å². The summed E-state index contributed by atoms with van der Waals surface area (Å²) in [6, 6.07) is 13.3. The van der Waals surface area contributed by atoms with Gasteiger partial charge in [0.05, 0.1) is 20.8 Å². The third-order valence-corrected chi connectivity index (χ3v) is 6.72. The molecule has 0 spiro atoms. The highest BCUT2D eigenvalue weighted by Crippen LogP contribution is 2.30. The topological polar surface area (TPSA) is 88.2 Å². The molecular formula is C20H12ClF2N3O3S2. The lowest BCUT2D eigenvalue weighted by molar-refractivity contribution is 0.102. The second kappa shape index (κ2) is 8.22. The lowest BCUT2D eigenvalue weighted by atomic mass is 10.2. The highest BCUT2D eigenvalue weighted by molar-refractivity contribution is 7.92. The molecule has 4 rings (SSSR count). The van der Waals surface area contributed by atoms with Crippen LogP contribution in [0.15, 0.2) is 65.6 Å². The van der Waals surface area contributed by atoms with Crippen LogP contribution in [0.5, 0.6) is 0 Å². The maximum atomic E-state index is 13.9. The Morgan fingerprint density at radius 2 is 1.74 bits per heavy atom. The summed E-state index contributed by atoms with van der Waals surface area (Å²) in [5.41, 5.74) is -0.0161. The fraction of sp³-hybridized carbons (Fsp3) is 0. The second-order valence-corrected chi connectivity index (χ2v) is 9.46. The lowest BCUT2D eigenvalue weighted by Gasteiger charge is -2.12. The van der Waals surface area contributed by atoms with E-state index in [-0.39, 0.29) is 31.5 Å². The van der Waals surface area contributed by atoms with Crippen LogP contribution in [0, 0.1) is 11.6 Å². The van der Waals surface area contributed by atoms with Gasteiger partial charge in [0.15, 0.2) is 10.9 Å². The molecule has 0 bridgehead atoms. The number of benzene rings is 3. The van der Waals surface area contributed by atoms with Crippen LogP contribution >= 0.6 is 22.9 Å². The van der Waals surface area contributed by atoms with Gasteiger partial charge in [0.1, 0.15) is 11.3 Å². The van der Waals surface area contributed by atoms with Crippen LogP contribution < -0.4 is 10.0 Å². The highest BCUT2D eigenvalue weighted by Gasteiger charge is 2.20. The van der Waals surface area contributed by atoms with Crippen molar-refractivity contribution < 1.29 is 22.0 Å². The number of para-hydroxylation sites is 1. The first kappa shape index (κ1) is 21.2. The van der Waals surface area contributed by atoms with Crippen LogP contribution in [-0.2, 0) is 10.0 Å². The Balaban J connectivity index is 1.61. The molecule has 0 aliphatic rings. The van der Waals surface area contributed by atoms with Crippen LogP contribution in [0.3, 0.4) is 0 Å². The molecule has 1 aromatic heterocycles. The van der Waals surface area contributed by atoms with Crippen LogP contribution in [0.4, 0.5) is 19.6 Å². The minimum Gasteiger partial charge on any atom is -0.298 e. The van der Waals surface area contributed by atoms with Crippen LogP contribution in [0.25, 0.3) is 10.2 Å². The van der Waals surface area contributed by atoms with Gasteiger partial charge < -0.3 is 0 Å². The van der Waals surface area contributed by atoms with Gasteiger partial charge in [-0.15, -0.1) is 0 Å². The molecule has 0 saturated carbocycles. The van der Waals surface area contributed by atoms with Gasteiger partial charge in [-0.1, -0.05) is 35.1 Å². The molecule has 6 nitrogen and oxygen atoms in total. The third-order valence-electron chi connectivity index (χ3n) is 4.17. The zero-order valence-corrected chi connectivity index (χ0v) is 17.8. The number of sulfonamides is 1. The van der Waals surface area contributed by atoms with Crippen molar-refractivity contribution in [3.8, 4) is 0 Å². The molecule has 0 saturated heterocycles. The summed E-state index contributed by atoms with van der Waals surface area (Å²) in [4.78, 5) is 16.7. The molecule has 1 amide bonds. The SMILES string of the molecule is O=C(Nc1nc2c(F)cc(F)cc2s1)c1ccccc1NS(=O)(=O)c1ccc(Cl)cc1. The fourth-order valence-corrected chi connectivity index (χ4v) is 4.87. The van der Waals surface area contributed by atoms with Crippen LogP contribution in [0.2, 0.25) is 5.02 Å². The molecule has 3 aromatic carbocycles. The summed E-state index contributed by atoms with van der Waals surface area (Å²) in [5.74, 6) is -2.27. The first-order valence-corrected chi connectivity index (χ1v) is 11.3. The van der Waals surface area contributed by atoms with Crippen molar-refractivity contribution >= 4 is 59.9 Å². The minimum atomic E-state index is -3.98. The van der Waals surface area contributed by atoms with Crippen LogP contribution in [0.1, 0.15) is 10.4 Å². The average molecular weight is 480 g/mol. The molecule has 31 heavy (non-hydrogen) atoms. The number of hydrogen-bond acceptors (Lipinski definition) is 5. The van der Waals surface area contributed by atoms with Crippen molar-refractivity contribution in [2.75, 3.05) is 10.0 Å².